The molecule has 1 atom stereocenters. The minimum absolute atomic E-state index is 0.0682. The topological polar surface area (TPSA) is 105 Å². The highest BCUT2D eigenvalue weighted by molar-refractivity contribution is 6.99. The Bertz CT molecular complexity index is 2190. The number of furan rings is 1. The number of aromatic carboxylic acids is 1. The summed E-state index contributed by atoms with van der Waals surface area (Å²) in [4.78, 5) is 33.0. The van der Waals surface area contributed by atoms with Crippen molar-refractivity contribution in [1.29, 1.82) is 0 Å². The van der Waals surface area contributed by atoms with Crippen molar-refractivity contribution in [3.8, 4) is 22.6 Å². The number of aromatic nitrogens is 1. The number of hydrogen-bond acceptors (Lipinski definition) is 5. The fourth-order valence-corrected chi connectivity index (χ4v) is 12.3. The van der Waals surface area contributed by atoms with Crippen LogP contribution in [0, 0.1) is 0 Å². The molecule has 0 radical (unpaired) electrons. The largest absolute Gasteiger partial charge is 0.477 e. The third kappa shape index (κ3) is 6.90. The number of pyridine rings is 1. The van der Waals surface area contributed by atoms with Crippen LogP contribution in [0.3, 0.4) is 0 Å². The van der Waals surface area contributed by atoms with E-state index in [1.165, 1.54) is 10.4 Å². The summed E-state index contributed by atoms with van der Waals surface area (Å²) in [6.07, 6.45) is 0.480. The average Bonchev–Trinajstić information content (AvgIpc) is 3.75. The second-order valence-corrected chi connectivity index (χ2v) is 19.3. The molecule has 7 rings (SSSR count). The second kappa shape index (κ2) is 14.5. The number of carbonyl (C=O) groups is 2. The zero-order chi connectivity index (χ0) is 37.3. The Morgan fingerprint density at radius 2 is 1.53 bits per heavy atom. The third-order valence-electron chi connectivity index (χ3n) is 10.1. The van der Waals surface area contributed by atoms with Crippen LogP contribution in [0.1, 0.15) is 68.7 Å². The number of benzene rings is 4. The van der Waals surface area contributed by atoms with Crippen molar-refractivity contribution in [3.05, 3.63) is 138 Å². The molecule has 2 N–H and O–H groups in total. The molecule has 0 saturated heterocycles. The maximum Gasteiger partial charge on any atom is 0.354 e. The summed E-state index contributed by atoms with van der Waals surface area (Å²) < 4.78 is 13.5. The van der Waals surface area contributed by atoms with E-state index in [9.17, 15) is 14.7 Å². The van der Waals surface area contributed by atoms with Gasteiger partial charge in [0.15, 0.2) is 0 Å². The van der Waals surface area contributed by atoms with Crippen LogP contribution in [-0.2, 0) is 11.0 Å². The molecule has 0 unspecified atom stereocenters. The van der Waals surface area contributed by atoms with Crippen molar-refractivity contribution in [2.45, 2.75) is 64.7 Å². The molecule has 0 bridgehead atoms. The maximum absolute atomic E-state index is 13.9. The van der Waals surface area contributed by atoms with Crippen LogP contribution < -0.4 is 15.7 Å². The summed E-state index contributed by atoms with van der Waals surface area (Å²) in [7, 11) is -2.87. The van der Waals surface area contributed by atoms with Crippen LogP contribution in [0.25, 0.3) is 33.6 Å². The smallest absolute Gasteiger partial charge is 0.354 e. The fraction of sp³-hybridized carbons (Fsp3) is 0.250. The van der Waals surface area contributed by atoms with Gasteiger partial charge in [-0.05, 0) is 65.5 Å². The summed E-state index contributed by atoms with van der Waals surface area (Å²) in [5.41, 5.74) is 4.43. The minimum Gasteiger partial charge on any atom is -0.477 e. The molecule has 53 heavy (non-hydrogen) atoms. The maximum atomic E-state index is 13.9. The van der Waals surface area contributed by atoms with E-state index in [4.69, 9.17) is 13.8 Å². The van der Waals surface area contributed by atoms with E-state index in [0.29, 0.717) is 24.5 Å². The standard InChI is InChI=1S/C44H45N3O5Si/c1-29(2)45-43(50)47-28-33-26-36(42(48)49)46-41(32-17-14-16-30(25-32)39-27-31-15-12-13-22-38(31)52-39)40(33)37(47)23-24-51-53(44(3,4)5,34-18-8-6-9-19-34)35-20-10-7-11-21-35/h6-22,25-27,29,37H,23-24,28H2,1-5H3,(H,45,50)(H,48,49)/t37-/m1/s1. The van der Waals surface area contributed by atoms with Gasteiger partial charge in [0.2, 0.25) is 0 Å². The number of amides is 2. The van der Waals surface area contributed by atoms with E-state index in [1.807, 2.05) is 80.6 Å². The van der Waals surface area contributed by atoms with Gasteiger partial charge >= 0.3 is 12.0 Å². The molecule has 0 fully saturated rings. The van der Waals surface area contributed by atoms with Gasteiger partial charge in [-0.15, -0.1) is 0 Å². The van der Waals surface area contributed by atoms with Gasteiger partial charge in [0.05, 0.1) is 11.7 Å². The SMILES string of the molecule is CC(C)NC(=O)N1Cc2cc(C(=O)O)nc(-c3cccc(-c4cc5ccccc5o4)c3)c2[C@H]1CCO[Si](c1ccccc1)(c1ccccc1)C(C)(C)C. The Morgan fingerprint density at radius 1 is 0.887 bits per heavy atom. The van der Waals surface area contributed by atoms with Crippen molar-refractivity contribution in [2.24, 2.45) is 0 Å². The monoisotopic (exact) mass is 723 g/mol. The molecule has 1 aliphatic heterocycles. The highest BCUT2D eigenvalue weighted by Crippen LogP contribution is 2.44. The van der Waals surface area contributed by atoms with Gasteiger partial charge in [-0.2, -0.15) is 0 Å². The van der Waals surface area contributed by atoms with Gasteiger partial charge < -0.3 is 24.2 Å². The molecule has 0 saturated carbocycles. The Kier molecular flexibility index (Phi) is 9.80. The van der Waals surface area contributed by atoms with E-state index in [-0.39, 0.29) is 29.3 Å². The first-order valence-corrected chi connectivity index (χ1v) is 20.1. The first-order chi connectivity index (χ1) is 25.5. The zero-order valence-electron chi connectivity index (χ0n) is 30.8. The van der Waals surface area contributed by atoms with Crippen molar-refractivity contribution < 1.29 is 23.5 Å². The molecule has 8 nitrogen and oxygen atoms in total. The van der Waals surface area contributed by atoms with Gasteiger partial charge in [0.25, 0.3) is 8.32 Å². The average molecular weight is 724 g/mol. The van der Waals surface area contributed by atoms with Crippen LogP contribution in [0.2, 0.25) is 5.04 Å². The lowest BCUT2D eigenvalue weighted by Gasteiger charge is -2.43. The Balaban J connectivity index is 1.32. The van der Waals surface area contributed by atoms with Crippen LogP contribution in [0.15, 0.2) is 126 Å². The predicted molar refractivity (Wildman–Crippen MR) is 212 cm³/mol. The normalized spacial score (nSPS) is 14.5. The lowest BCUT2D eigenvalue weighted by atomic mass is 9.94. The highest BCUT2D eigenvalue weighted by Gasteiger charge is 2.50. The molecule has 0 spiro atoms. The summed E-state index contributed by atoms with van der Waals surface area (Å²) in [5.74, 6) is -0.425. The van der Waals surface area contributed by atoms with E-state index < -0.39 is 20.3 Å². The molecule has 9 heteroatoms. The summed E-state index contributed by atoms with van der Waals surface area (Å²) >= 11 is 0. The Morgan fingerprint density at radius 3 is 2.15 bits per heavy atom. The molecule has 4 aromatic carbocycles. The molecule has 6 aromatic rings. The summed E-state index contributed by atoms with van der Waals surface area (Å²) in [6, 6.07) is 39.6. The van der Waals surface area contributed by atoms with Crippen molar-refractivity contribution >= 4 is 41.7 Å². The van der Waals surface area contributed by atoms with E-state index >= 15 is 0 Å². The van der Waals surface area contributed by atoms with Gasteiger partial charge in [0.1, 0.15) is 17.0 Å². The number of rotatable bonds is 10. The van der Waals surface area contributed by atoms with Crippen LogP contribution in [-0.4, -0.2) is 48.0 Å². The number of fused-ring (bicyclic) bond motifs is 2. The molecule has 2 aromatic heterocycles. The minimum atomic E-state index is -2.87. The highest BCUT2D eigenvalue weighted by atomic mass is 28.4. The molecular weight excluding hydrogens is 679 g/mol. The van der Waals surface area contributed by atoms with Crippen molar-refractivity contribution in [1.82, 2.24) is 15.2 Å². The number of nitrogens with one attached hydrogen (secondary N) is 1. The first-order valence-electron chi connectivity index (χ1n) is 18.1. The number of urea groups is 1. The van der Waals surface area contributed by atoms with Crippen molar-refractivity contribution in [3.63, 3.8) is 0 Å². The molecule has 2 amide bonds. The van der Waals surface area contributed by atoms with Gasteiger partial charge in [0, 0.05) is 41.3 Å². The number of carbonyl (C=O) groups excluding carboxylic acids is 1. The van der Waals surface area contributed by atoms with Crippen molar-refractivity contribution in [2.75, 3.05) is 6.61 Å². The molecular formula is C44H45N3O5Si. The molecule has 0 aliphatic carbocycles. The van der Waals surface area contributed by atoms with E-state index in [1.54, 1.807) is 11.0 Å². The van der Waals surface area contributed by atoms with Crippen LogP contribution in [0.5, 0.6) is 0 Å². The van der Waals surface area contributed by atoms with Crippen LogP contribution >= 0.6 is 0 Å². The fourth-order valence-electron chi connectivity index (χ4n) is 7.76. The number of carboxylic acid groups (broad SMARTS) is 1. The summed E-state index contributed by atoms with van der Waals surface area (Å²) in [5, 5.41) is 16.4. The Labute approximate surface area is 311 Å². The number of para-hydroxylation sites is 1. The molecule has 1 aliphatic rings. The molecule has 270 valence electrons. The Hall–Kier alpha value is -5.51. The van der Waals surface area contributed by atoms with E-state index in [2.05, 4.69) is 74.6 Å². The number of carboxylic acids is 1. The lowest BCUT2D eigenvalue weighted by Crippen LogP contribution is -2.66. The van der Waals surface area contributed by atoms with Gasteiger partial charge in [-0.25, -0.2) is 14.6 Å². The number of nitrogens with zero attached hydrogens (tertiary/aromatic N) is 2. The zero-order valence-corrected chi connectivity index (χ0v) is 31.8. The lowest BCUT2D eigenvalue weighted by molar-refractivity contribution is 0.0690. The first kappa shape index (κ1) is 35.9. The van der Waals surface area contributed by atoms with Crippen LogP contribution in [0.4, 0.5) is 4.79 Å². The summed E-state index contributed by atoms with van der Waals surface area (Å²) in [6.45, 7) is 11.2. The van der Waals surface area contributed by atoms with Gasteiger partial charge in [-0.1, -0.05) is 118 Å². The molecule has 3 heterocycles. The quantitative estimate of drug-likeness (QED) is 0.137. The number of hydrogen-bond donors (Lipinski definition) is 2. The third-order valence-corrected chi connectivity index (χ3v) is 15.1. The van der Waals surface area contributed by atoms with E-state index in [0.717, 1.165) is 33.2 Å². The second-order valence-electron chi connectivity index (χ2n) is 15.0. The van der Waals surface area contributed by atoms with Gasteiger partial charge in [-0.3, -0.25) is 0 Å². The predicted octanol–water partition coefficient (Wildman–Crippen LogP) is 8.80.